The summed E-state index contributed by atoms with van der Waals surface area (Å²) >= 11 is 0. The van der Waals surface area contributed by atoms with Gasteiger partial charge in [-0.25, -0.2) is 8.78 Å². The van der Waals surface area contributed by atoms with Crippen molar-refractivity contribution in [1.82, 2.24) is 5.32 Å². The van der Waals surface area contributed by atoms with E-state index < -0.39 is 0 Å². The Labute approximate surface area is 122 Å². The summed E-state index contributed by atoms with van der Waals surface area (Å²) in [6.07, 6.45) is 1.40. The predicted molar refractivity (Wildman–Crippen MR) is 77.8 cm³/mol. The second-order valence-corrected chi connectivity index (χ2v) is 4.86. The monoisotopic (exact) mass is 289 g/mol. The molecule has 2 aromatic rings. The van der Waals surface area contributed by atoms with Crippen LogP contribution in [0.5, 0.6) is 0 Å². The molecule has 0 unspecified atom stereocenters. The highest BCUT2D eigenvalue weighted by Gasteiger charge is 2.03. The fraction of sp³-hybridized carbons (Fsp3) is 0.235. The van der Waals surface area contributed by atoms with E-state index in [1.807, 2.05) is 6.07 Å². The Morgan fingerprint density at radius 2 is 1.48 bits per heavy atom. The summed E-state index contributed by atoms with van der Waals surface area (Å²) < 4.78 is 26.0. The SMILES string of the molecule is O=C(CCc1cccc(F)c1)NCCc1cccc(F)c1. The third kappa shape index (κ3) is 5.34. The van der Waals surface area contributed by atoms with E-state index in [9.17, 15) is 13.6 Å². The van der Waals surface area contributed by atoms with Gasteiger partial charge in [0.2, 0.25) is 5.91 Å². The van der Waals surface area contributed by atoms with E-state index in [-0.39, 0.29) is 17.5 Å². The zero-order chi connectivity index (χ0) is 15.1. The van der Waals surface area contributed by atoms with E-state index in [0.717, 1.165) is 11.1 Å². The van der Waals surface area contributed by atoms with Gasteiger partial charge in [0.15, 0.2) is 0 Å². The quantitative estimate of drug-likeness (QED) is 0.869. The fourth-order valence-electron chi connectivity index (χ4n) is 2.08. The molecular formula is C17H17F2NO. The molecule has 0 atom stereocenters. The molecule has 2 rings (SSSR count). The Kier molecular flexibility index (Phi) is 5.43. The molecule has 1 N–H and O–H groups in total. The van der Waals surface area contributed by atoms with Gasteiger partial charge < -0.3 is 5.32 Å². The number of rotatable bonds is 6. The van der Waals surface area contributed by atoms with Crippen LogP contribution in [0.3, 0.4) is 0 Å². The summed E-state index contributed by atoms with van der Waals surface area (Å²) in [6, 6.07) is 12.6. The average Bonchev–Trinajstić information content (AvgIpc) is 2.45. The maximum absolute atomic E-state index is 13.0. The van der Waals surface area contributed by atoms with E-state index >= 15 is 0 Å². The number of amides is 1. The van der Waals surface area contributed by atoms with Crippen LogP contribution in [0.2, 0.25) is 0 Å². The number of carbonyl (C=O) groups excluding carboxylic acids is 1. The smallest absolute Gasteiger partial charge is 0.220 e. The van der Waals surface area contributed by atoms with Crippen LogP contribution < -0.4 is 5.32 Å². The first-order chi connectivity index (χ1) is 10.1. The Balaban J connectivity index is 1.70. The number of hydrogen-bond acceptors (Lipinski definition) is 1. The fourth-order valence-corrected chi connectivity index (χ4v) is 2.08. The molecule has 110 valence electrons. The molecule has 0 spiro atoms. The van der Waals surface area contributed by atoms with Crippen molar-refractivity contribution < 1.29 is 13.6 Å². The summed E-state index contributed by atoms with van der Waals surface area (Å²) in [5.41, 5.74) is 1.65. The van der Waals surface area contributed by atoms with Gasteiger partial charge in [-0.3, -0.25) is 4.79 Å². The van der Waals surface area contributed by atoms with Crippen molar-refractivity contribution in [2.24, 2.45) is 0 Å². The summed E-state index contributed by atoms with van der Waals surface area (Å²) in [5, 5.41) is 2.78. The van der Waals surface area contributed by atoms with Crippen LogP contribution in [-0.4, -0.2) is 12.5 Å². The Morgan fingerprint density at radius 1 is 0.905 bits per heavy atom. The standard InChI is InChI=1S/C17H17F2NO/c18-15-5-1-3-13(11-15)7-8-17(21)20-10-9-14-4-2-6-16(19)12-14/h1-6,11-12H,7-10H2,(H,20,21). The maximum atomic E-state index is 13.0. The summed E-state index contributed by atoms with van der Waals surface area (Å²) in [7, 11) is 0. The molecule has 0 bridgehead atoms. The zero-order valence-corrected chi connectivity index (χ0v) is 11.6. The van der Waals surface area contributed by atoms with Crippen molar-refractivity contribution in [2.75, 3.05) is 6.54 Å². The molecule has 0 aromatic heterocycles. The summed E-state index contributed by atoms with van der Waals surface area (Å²) in [4.78, 5) is 11.7. The van der Waals surface area contributed by atoms with Crippen LogP contribution in [-0.2, 0) is 17.6 Å². The van der Waals surface area contributed by atoms with Gasteiger partial charge in [-0.05, 0) is 48.2 Å². The maximum Gasteiger partial charge on any atom is 0.220 e. The third-order valence-electron chi connectivity index (χ3n) is 3.15. The van der Waals surface area contributed by atoms with Crippen LogP contribution in [0.25, 0.3) is 0 Å². The first-order valence-electron chi connectivity index (χ1n) is 6.89. The van der Waals surface area contributed by atoms with Gasteiger partial charge in [-0.2, -0.15) is 0 Å². The normalized spacial score (nSPS) is 10.4. The average molecular weight is 289 g/mol. The van der Waals surface area contributed by atoms with Crippen molar-refractivity contribution in [1.29, 1.82) is 0 Å². The first kappa shape index (κ1) is 15.2. The molecule has 0 aliphatic carbocycles. The topological polar surface area (TPSA) is 29.1 Å². The van der Waals surface area contributed by atoms with Crippen molar-refractivity contribution in [3.8, 4) is 0 Å². The minimum atomic E-state index is -0.293. The lowest BCUT2D eigenvalue weighted by molar-refractivity contribution is -0.121. The largest absolute Gasteiger partial charge is 0.356 e. The van der Waals surface area contributed by atoms with Gasteiger partial charge in [-0.1, -0.05) is 24.3 Å². The molecular weight excluding hydrogens is 272 g/mol. The van der Waals surface area contributed by atoms with Gasteiger partial charge in [0, 0.05) is 13.0 Å². The number of halogens is 2. The number of benzene rings is 2. The van der Waals surface area contributed by atoms with E-state index in [1.54, 1.807) is 18.2 Å². The number of hydrogen-bond donors (Lipinski definition) is 1. The molecule has 2 nitrogen and oxygen atoms in total. The molecule has 0 saturated carbocycles. The second-order valence-electron chi connectivity index (χ2n) is 4.86. The van der Waals surface area contributed by atoms with E-state index in [0.29, 0.717) is 25.8 Å². The summed E-state index contributed by atoms with van der Waals surface area (Å²) in [5.74, 6) is -0.653. The summed E-state index contributed by atoms with van der Waals surface area (Å²) in [6.45, 7) is 0.464. The Bertz CT molecular complexity index is 613. The highest BCUT2D eigenvalue weighted by Crippen LogP contribution is 2.06. The van der Waals surface area contributed by atoms with Crippen molar-refractivity contribution in [2.45, 2.75) is 19.3 Å². The van der Waals surface area contributed by atoms with E-state index in [2.05, 4.69) is 5.32 Å². The lowest BCUT2D eigenvalue weighted by Gasteiger charge is -2.06. The van der Waals surface area contributed by atoms with Gasteiger partial charge in [-0.15, -0.1) is 0 Å². The lowest BCUT2D eigenvalue weighted by atomic mass is 10.1. The molecule has 0 aliphatic heterocycles. The van der Waals surface area contributed by atoms with Crippen LogP contribution in [0.15, 0.2) is 48.5 Å². The molecule has 0 radical (unpaired) electrons. The van der Waals surface area contributed by atoms with E-state index in [1.165, 1.54) is 24.3 Å². The first-order valence-corrected chi connectivity index (χ1v) is 6.89. The van der Waals surface area contributed by atoms with Crippen LogP contribution in [0.1, 0.15) is 17.5 Å². The molecule has 0 heterocycles. The molecule has 21 heavy (non-hydrogen) atoms. The van der Waals surface area contributed by atoms with Gasteiger partial charge in [0.25, 0.3) is 0 Å². The number of carbonyl (C=O) groups is 1. The second kappa shape index (κ2) is 7.53. The molecule has 0 fully saturated rings. The minimum absolute atomic E-state index is 0.0873. The van der Waals surface area contributed by atoms with Crippen LogP contribution in [0, 0.1) is 11.6 Å². The predicted octanol–water partition coefficient (Wildman–Crippen LogP) is 3.26. The zero-order valence-electron chi connectivity index (χ0n) is 11.6. The lowest BCUT2D eigenvalue weighted by Crippen LogP contribution is -2.25. The van der Waals surface area contributed by atoms with Gasteiger partial charge in [0.1, 0.15) is 11.6 Å². The number of nitrogens with one attached hydrogen (secondary N) is 1. The number of aryl methyl sites for hydroxylation is 1. The van der Waals surface area contributed by atoms with Gasteiger partial charge in [0.05, 0.1) is 0 Å². The van der Waals surface area contributed by atoms with Crippen molar-refractivity contribution >= 4 is 5.91 Å². The molecule has 0 saturated heterocycles. The molecule has 4 heteroatoms. The van der Waals surface area contributed by atoms with Crippen molar-refractivity contribution in [3.05, 3.63) is 71.3 Å². The third-order valence-corrected chi connectivity index (χ3v) is 3.15. The highest BCUT2D eigenvalue weighted by atomic mass is 19.1. The Morgan fingerprint density at radius 3 is 2.05 bits per heavy atom. The highest BCUT2D eigenvalue weighted by molar-refractivity contribution is 5.76. The van der Waals surface area contributed by atoms with Crippen LogP contribution >= 0.6 is 0 Å². The van der Waals surface area contributed by atoms with Crippen molar-refractivity contribution in [3.63, 3.8) is 0 Å². The molecule has 2 aromatic carbocycles. The minimum Gasteiger partial charge on any atom is -0.356 e. The van der Waals surface area contributed by atoms with Gasteiger partial charge >= 0.3 is 0 Å². The molecule has 1 amide bonds. The van der Waals surface area contributed by atoms with E-state index in [4.69, 9.17) is 0 Å². The Hall–Kier alpha value is -2.23. The van der Waals surface area contributed by atoms with Crippen LogP contribution in [0.4, 0.5) is 8.78 Å². The molecule has 0 aliphatic rings.